The standard InChI is InChI=1S/C12H16N4O/c13-12(3-4-12)7-14-6-8-1-2-9-10(5-8)16-11(17)15-9/h1-2,5,14H,3-4,6-7,13H2,(H2,15,16,17). The van der Waals surface area contributed by atoms with Gasteiger partial charge in [0.15, 0.2) is 0 Å². The molecule has 5 N–H and O–H groups in total. The second-order valence-electron chi connectivity index (χ2n) is 4.92. The van der Waals surface area contributed by atoms with Crippen LogP contribution in [0.1, 0.15) is 18.4 Å². The molecule has 17 heavy (non-hydrogen) atoms. The molecule has 0 atom stereocenters. The Balaban J connectivity index is 1.69. The van der Waals surface area contributed by atoms with E-state index in [1.165, 1.54) is 0 Å². The van der Waals surface area contributed by atoms with E-state index < -0.39 is 0 Å². The first-order valence-corrected chi connectivity index (χ1v) is 5.85. The summed E-state index contributed by atoms with van der Waals surface area (Å²) >= 11 is 0. The number of benzene rings is 1. The van der Waals surface area contributed by atoms with Gasteiger partial charge in [-0.1, -0.05) is 6.07 Å². The molecule has 1 aromatic heterocycles. The molecule has 1 aromatic carbocycles. The molecule has 0 unspecified atom stereocenters. The van der Waals surface area contributed by atoms with Crippen molar-refractivity contribution in [3.63, 3.8) is 0 Å². The number of fused-ring (bicyclic) bond motifs is 1. The van der Waals surface area contributed by atoms with Crippen LogP contribution < -0.4 is 16.7 Å². The third-order valence-electron chi connectivity index (χ3n) is 3.28. The molecule has 0 amide bonds. The molecule has 1 heterocycles. The van der Waals surface area contributed by atoms with Crippen LogP contribution in [0.2, 0.25) is 0 Å². The first kappa shape index (κ1) is 10.6. The van der Waals surface area contributed by atoms with Gasteiger partial charge < -0.3 is 21.0 Å². The second kappa shape index (κ2) is 3.72. The molecule has 2 aromatic rings. The number of imidazole rings is 1. The highest BCUT2D eigenvalue weighted by Gasteiger charge is 2.37. The normalized spacial score (nSPS) is 17.5. The predicted molar refractivity (Wildman–Crippen MR) is 66.8 cm³/mol. The van der Waals surface area contributed by atoms with E-state index in [9.17, 15) is 4.79 Å². The van der Waals surface area contributed by atoms with Gasteiger partial charge in [-0.2, -0.15) is 0 Å². The van der Waals surface area contributed by atoms with Crippen molar-refractivity contribution in [2.75, 3.05) is 6.54 Å². The summed E-state index contributed by atoms with van der Waals surface area (Å²) in [5.74, 6) is 0. The van der Waals surface area contributed by atoms with E-state index >= 15 is 0 Å². The minimum atomic E-state index is -0.163. The molecule has 0 saturated heterocycles. The number of hydrogen-bond acceptors (Lipinski definition) is 3. The highest BCUT2D eigenvalue weighted by atomic mass is 16.1. The van der Waals surface area contributed by atoms with Crippen LogP contribution >= 0.6 is 0 Å². The van der Waals surface area contributed by atoms with Gasteiger partial charge in [0, 0.05) is 18.6 Å². The lowest BCUT2D eigenvalue weighted by molar-refractivity contribution is 0.569. The van der Waals surface area contributed by atoms with Gasteiger partial charge in [0.2, 0.25) is 0 Å². The lowest BCUT2D eigenvalue weighted by Gasteiger charge is -2.10. The molecule has 5 heteroatoms. The first-order valence-electron chi connectivity index (χ1n) is 5.85. The fourth-order valence-electron chi connectivity index (χ4n) is 1.98. The molecule has 1 saturated carbocycles. The number of rotatable bonds is 4. The summed E-state index contributed by atoms with van der Waals surface area (Å²) < 4.78 is 0. The van der Waals surface area contributed by atoms with Crippen molar-refractivity contribution in [2.45, 2.75) is 24.9 Å². The number of nitrogens with one attached hydrogen (secondary N) is 3. The number of nitrogens with two attached hydrogens (primary N) is 1. The smallest absolute Gasteiger partial charge is 0.323 e. The van der Waals surface area contributed by atoms with E-state index in [1.54, 1.807) is 0 Å². The molecular weight excluding hydrogens is 216 g/mol. The molecule has 1 aliphatic carbocycles. The van der Waals surface area contributed by atoms with Gasteiger partial charge in [0.05, 0.1) is 11.0 Å². The van der Waals surface area contributed by atoms with Crippen molar-refractivity contribution in [1.82, 2.24) is 15.3 Å². The average molecular weight is 232 g/mol. The van der Waals surface area contributed by atoms with Crippen molar-refractivity contribution in [3.8, 4) is 0 Å². The number of aromatic nitrogens is 2. The van der Waals surface area contributed by atoms with Gasteiger partial charge in [-0.25, -0.2) is 4.79 Å². The average Bonchev–Trinajstić information content (AvgIpc) is 2.89. The third kappa shape index (κ3) is 2.25. The van der Waals surface area contributed by atoms with Crippen LogP contribution in [0.5, 0.6) is 0 Å². The Morgan fingerprint density at radius 3 is 2.82 bits per heavy atom. The van der Waals surface area contributed by atoms with E-state index in [0.717, 1.165) is 42.5 Å². The largest absolute Gasteiger partial charge is 0.324 e. The van der Waals surface area contributed by atoms with Crippen LogP contribution in [0.15, 0.2) is 23.0 Å². The summed E-state index contributed by atoms with van der Waals surface area (Å²) in [7, 11) is 0. The summed E-state index contributed by atoms with van der Waals surface area (Å²) in [5.41, 5.74) is 8.70. The minimum Gasteiger partial charge on any atom is -0.324 e. The third-order valence-corrected chi connectivity index (χ3v) is 3.28. The Labute approximate surface area is 98.4 Å². The fourth-order valence-corrected chi connectivity index (χ4v) is 1.98. The zero-order valence-corrected chi connectivity index (χ0v) is 9.55. The summed E-state index contributed by atoms with van der Waals surface area (Å²) in [4.78, 5) is 16.6. The zero-order chi connectivity index (χ0) is 11.9. The van der Waals surface area contributed by atoms with Crippen LogP contribution in [-0.2, 0) is 6.54 Å². The monoisotopic (exact) mass is 232 g/mol. The van der Waals surface area contributed by atoms with Crippen LogP contribution in [0.25, 0.3) is 11.0 Å². The Hall–Kier alpha value is -1.59. The lowest BCUT2D eigenvalue weighted by atomic mass is 10.2. The number of aromatic amines is 2. The van der Waals surface area contributed by atoms with E-state index in [4.69, 9.17) is 5.73 Å². The van der Waals surface area contributed by atoms with E-state index in [1.807, 2.05) is 18.2 Å². The molecular formula is C12H16N4O. The SMILES string of the molecule is NC1(CNCc2ccc3[nH]c(=O)[nH]c3c2)CC1. The Morgan fingerprint density at radius 2 is 2.06 bits per heavy atom. The molecule has 0 bridgehead atoms. The second-order valence-corrected chi connectivity index (χ2v) is 4.92. The molecule has 1 fully saturated rings. The van der Waals surface area contributed by atoms with E-state index in [0.29, 0.717) is 0 Å². The van der Waals surface area contributed by atoms with Gasteiger partial charge in [-0.05, 0) is 30.5 Å². The highest BCUT2D eigenvalue weighted by molar-refractivity contribution is 5.74. The van der Waals surface area contributed by atoms with Crippen LogP contribution in [0, 0.1) is 0 Å². The van der Waals surface area contributed by atoms with E-state index in [-0.39, 0.29) is 11.2 Å². The first-order chi connectivity index (χ1) is 8.15. The van der Waals surface area contributed by atoms with Crippen molar-refractivity contribution >= 4 is 11.0 Å². The lowest BCUT2D eigenvalue weighted by Crippen LogP contribution is -2.35. The molecule has 90 valence electrons. The van der Waals surface area contributed by atoms with Crippen LogP contribution in [0.4, 0.5) is 0 Å². The number of H-pyrrole nitrogens is 2. The summed E-state index contributed by atoms with van der Waals surface area (Å²) in [5, 5.41) is 3.35. The van der Waals surface area contributed by atoms with Crippen LogP contribution in [0.3, 0.4) is 0 Å². The summed E-state index contributed by atoms with van der Waals surface area (Å²) in [6, 6.07) is 5.91. The molecule has 1 aliphatic rings. The zero-order valence-electron chi connectivity index (χ0n) is 9.55. The van der Waals surface area contributed by atoms with Gasteiger partial charge in [-0.3, -0.25) is 0 Å². The molecule has 3 rings (SSSR count). The number of hydrogen-bond donors (Lipinski definition) is 4. The topological polar surface area (TPSA) is 86.7 Å². The highest BCUT2D eigenvalue weighted by Crippen LogP contribution is 2.31. The summed E-state index contributed by atoms with van der Waals surface area (Å²) in [6.07, 6.45) is 2.23. The maximum absolute atomic E-state index is 11.1. The van der Waals surface area contributed by atoms with Crippen molar-refractivity contribution < 1.29 is 0 Å². The Bertz CT molecular complexity index is 594. The van der Waals surface area contributed by atoms with Gasteiger partial charge >= 0.3 is 5.69 Å². The maximum atomic E-state index is 11.1. The molecule has 0 aliphatic heterocycles. The van der Waals surface area contributed by atoms with Crippen LogP contribution in [-0.4, -0.2) is 22.1 Å². The van der Waals surface area contributed by atoms with E-state index in [2.05, 4.69) is 15.3 Å². The minimum absolute atomic E-state index is 0.0342. The van der Waals surface area contributed by atoms with Gasteiger partial charge in [0.1, 0.15) is 0 Å². The Morgan fingerprint density at radius 1 is 1.29 bits per heavy atom. The quantitative estimate of drug-likeness (QED) is 0.617. The Kier molecular flexibility index (Phi) is 2.31. The molecule has 0 spiro atoms. The maximum Gasteiger partial charge on any atom is 0.323 e. The van der Waals surface area contributed by atoms with Crippen molar-refractivity contribution in [2.24, 2.45) is 5.73 Å². The van der Waals surface area contributed by atoms with Crippen molar-refractivity contribution in [1.29, 1.82) is 0 Å². The predicted octanol–water partition coefficient (Wildman–Crippen LogP) is 0.437. The summed E-state index contributed by atoms with van der Waals surface area (Å²) in [6.45, 7) is 1.64. The molecule has 0 radical (unpaired) electrons. The van der Waals surface area contributed by atoms with Gasteiger partial charge in [0.25, 0.3) is 0 Å². The van der Waals surface area contributed by atoms with Crippen molar-refractivity contribution in [3.05, 3.63) is 34.2 Å². The fraction of sp³-hybridized carbons (Fsp3) is 0.417. The van der Waals surface area contributed by atoms with Gasteiger partial charge in [-0.15, -0.1) is 0 Å². The molecule has 5 nitrogen and oxygen atoms in total.